The summed E-state index contributed by atoms with van der Waals surface area (Å²) in [7, 11) is 1.61. The van der Waals surface area contributed by atoms with Crippen molar-refractivity contribution in [2.24, 2.45) is 0 Å². The van der Waals surface area contributed by atoms with Crippen LogP contribution in [0.15, 0.2) is 28.7 Å². The number of ether oxygens (including phenoxy) is 3. The fourth-order valence-electron chi connectivity index (χ4n) is 1.02. The highest BCUT2D eigenvalue weighted by atomic mass is 79.9. The Morgan fingerprint density at radius 3 is 2.53 bits per heavy atom. The van der Waals surface area contributed by atoms with E-state index in [0.29, 0.717) is 20.0 Å². The van der Waals surface area contributed by atoms with Crippen molar-refractivity contribution in [3.63, 3.8) is 0 Å². The molecule has 0 aliphatic rings. The Kier molecular flexibility index (Phi) is 6.39. The Bertz CT molecular complexity index is 261. The summed E-state index contributed by atoms with van der Waals surface area (Å²) in [6.07, 6.45) is 0.861. The molecule has 0 aromatic heterocycles. The van der Waals surface area contributed by atoms with Gasteiger partial charge in [0.25, 0.3) is 0 Å². The molecule has 0 unspecified atom stereocenters. The van der Waals surface area contributed by atoms with Gasteiger partial charge in [-0.3, -0.25) is 0 Å². The lowest BCUT2D eigenvalue weighted by atomic mass is 10.3. The van der Waals surface area contributed by atoms with Gasteiger partial charge in [-0.2, -0.15) is 0 Å². The predicted octanol–water partition coefficient (Wildman–Crippen LogP) is 2.84. The second kappa shape index (κ2) is 7.68. The molecule has 1 rings (SSSR count). The van der Waals surface area contributed by atoms with Gasteiger partial charge < -0.3 is 14.2 Å². The fraction of sp³-hybridized carbons (Fsp3) is 0.455. The molecule has 0 heterocycles. The quantitative estimate of drug-likeness (QED) is 0.565. The van der Waals surface area contributed by atoms with Crippen LogP contribution in [-0.2, 0) is 9.47 Å². The van der Waals surface area contributed by atoms with Crippen molar-refractivity contribution in [1.82, 2.24) is 0 Å². The molecule has 0 bridgehead atoms. The van der Waals surface area contributed by atoms with Gasteiger partial charge in [-0.25, -0.2) is 0 Å². The third kappa shape index (κ3) is 5.77. The van der Waals surface area contributed by atoms with E-state index < -0.39 is 0 Å². The lowest BCUT2D eigenvalue weighted by molar-refractivity contribution is -0.0333. The van der Waals surface area contributed by atoms with Gasteiger partial charge in [0, 0.05) is 18.0 Å². The van der Waals surface area contributed by atoms with Crippen LogP contribution in [0.3, 0.4) is 0 Å². The third-order valence-electron chi connectivity index (χ3n) is 1.72. The molecule has 15 heavy (non-hydrogen) atoms. The van der Waals surface area contributed by atoms with E-state index in [-0.39, 0.29) is 0 Å². The fourth-order valence-corrected chi connectivity index (χ4v) is 1.29. The van der Waals surface area contributed by atoms with E-state index in [1.54, 1.807) is 7.11 Å². The molecule has 84 valence electrons. The zero-order valence-electron chi connectivity index (χ0n) is 8.74. The normalized spacial score (nSPS) is 10.3. The average molecular weight is 275 g/mol. The van der Waals surface area contributed by atoms with Crippen LogP contribution in [0.5, 0.6) is 5.75 Å². The van der Waals surface area contributed by atoms with Gasteiger partial charge in [-0.1, -0.05) is 15.9 Å². The molecular formula is C11H15BrO3. The molecule has 0 N–H and O–H groups in total. The standard InChI is InChI=1S/C11H15BrO3/c1-13-9-14-7-2-8-15-11-5-3-10(12)4-6-11/h3-6H,2,7-9H2,1H3. The lowest BCUT2D eigenvalue weighted by Crippen LogP contribution is -2.04. The molecule has 4 heteroatoms. The van der Waals surface area contributed by atoms with Crippen LogP contribution in [0.4, 0.5) is 0 Å². The van der Waals surface area contributed by atoms with Crippen molar-refractivity contribution >= 4 is 15.9 Å². The van der Waals surface area contributed by atoms with Crippen molar-refractivity contribution in [3.8, 4) is 5.75 Å². The molecular weight excluding hydrogens is 260 g/mol. The van der Waals surface area contributed by atoms with E-state index in [2.05, 4.69) is 15.9 Å². The minimum atomic E-state index is 0.346. The summed E-state index contributed by atoms with van der Waals surface area (Å²) in [6.45, 7) is 1.66. The van der Waals surface area contributed by atoms with Crippen molar-refractivity contribution in [2.45, 2.75) is 6.42 Å². The summed E-state index contributed by atoms with van der Waals surface area (Å²) in [5.41, 5.74) is 0. The molecule has 0 atom stereocenters. The van der Waals surface area contributed by atoms with Crippen LogP contribution in [0, 0.1) is 0 Å². The summed E-state index contributed by atoms with van der Waals surface area (Å²) in [5, 5.41) is 0. The maximum atomic E-state index is 5.50. The molecule has 0 saturated carbocycles. The first-order valence-electron chi connectivity index (χ1n) is 4.78. The topological polar surface area (TPSA) is 27.7 Å². The highest BCUT2D eigenvalue weighted by Crippen LogP contribution is 2.15. The van der Waals surface area contributed by atoms with E-state index in [1.807, 2.05) is 24.3 Å². The largest absolute Gasteiger partial charge is 0.494 e. The van der Waals surface area contributed by atoms with E-state index in [1.165, 1.54) is 0 Å². The van der Waals surface area contributed by atoms with Crippen LogP contribution in [-0.4, -0.2) is 27.1 Å². The van der Waals surface area contributed by atoms with Crippen LogP contribution in [0.25, 0.3) is 0 Å². The van der Waals surface area contributed by atoms with Crippen LogP contribution >= 0.6 is 15.9 Å². The lowest BCUT2D eigenvalue weighted by Gasteiger charge is -2.06. The Hall–Kier alpha value is -0.580. The first-order valence-corrected chi connectivity index (χ1v) is 5.57. The first kappa shape index (κ1) is 12.5. The molecule has 1 aromatic carbocycles. The maximum Gasteiger partial charge on any atom is 0.146 e. The Morgan fingerprint density at radius 2 is 1.87 bits per heavy atom. The molecule has 3 nitrogen and oxygen atoms in total. The third-order valence-corrected chi connectivity index (χ3v) is 2.25. The van der Waals surface area contributed by atoms with Gasteiger partial charge >= 0.3 is 0 Å². The number of hydrogen-bond acceptors (Lipinski definition) is 3. The van der Waals surface area contributed by atoms with E-state index in [4.69, 9.17) is 14.2 Å². The smallest absolute Gasteiger partial charge is 0.146 e. The molecule has 0 saturated heterocycles. The van der Waals surface area contributed by atoms with Gasteiger partial charge in [0.1, 0.15) is 12.5 Å². The highest BCUT2D eigenvalue weighted by molar-refractivity contribution is 9.10. The Morgan fingerprint density at radius 1 is 1.13 bits per heavy atom. The Balaban J connectivity index is 2.07. The summed E-state index contributed by atoms with van der Waals surface area (Å²) in [4.78, 5) is 0. The molecule has 1 aromatic rings. The molecule has 0 amide bonds. The molecule has 0 fully saturated rings. The minimum Gasteiger partial charge on any atom is -0.494 e. The minimum absolute atomic E-state index is 0.346. The number of benzene rings is 1. The second-order valence-corrected chi connectivity index (χ2v) is 3.89. The van der Waals surface area contributed by atoms with Crippen LogP contribution < -0.4 is 4.74 Å². The average Bonchev–Trinajstić information content (AvgIpc) is 2.26. The van der Waals surface area contributed by atoms with Crippen molar-refractivity contribution in [1.29, 1.82) is 0 Å². The van der Waals surface area contributed by atoms with E-state index >= 15 is 0 Å². The number of halogens is 1. The summed E-state index contributed by atoms with van der Waals surface area (Å²) < 4.78 is 16.4. The van der Waals surface area contributed by atoms with E-state index in [0.717, 1.165) is 16.6 Å². The van der Waals surface area contributed by atoms with Crippen LogP contribution in [0.1, 0.15) is 6.42 Å². The molecule has 0 radical (unpaired) electrons. The summed E-state index contributed by atoms with van der Waals surface area (Å²) >= 11 is 3.37. The van der Waals surface area contributed by atoms with Gasteiger partial charge in [0.2, 0.25) is 0 Å². The zero-order chi connectivity index (χ0) is 10.9. The second-order valence-electron chi connectivity index (χ2n) is 2.97. The predicted molar refractivity (Wildman–Crippen MR) is 62.1 cm³/mol. The first-order chi connectivity index (χ1) is 7.33. The number of hydrogen-bond donors (Lipinski definition) is 0. The highest BCUT2D eigenvalue weighted by Gasteiger charge is 1.93. The van der Waals surface area contributed by atoms with Crippen molar-refractivity contribution < 1.29 is 14.2 Å². The number of rotatable bonds is 7. The monoisotopic (exact) mass is 274 g/mol. The maximum absolute atomic E-state index is 5.50. The number of methoxy groups -OCH3 is 1. The zero-order valence-corrected chi connectivity index (χ0v) is 10.3. The molecule has 0 aliphatic heterocycles. The van der Waals surface area contributed by atoms with Crippen LogP contribution in [0.2, 0.25) is 0 Å². The van der Waals surface area contributed by atoms with Gasteiger partial charge in [0.05, 0.1) is 13.2 Å². The Labute approximate surface area is 98.5 Å². The van der Waals surface area contributed by atoms with Crippen molar-refractivity contribution in [3.05, 3.63) is 28.7 Å². The summed E-state index contributed by atoms with van der Waals surface area (Å²) in [6, 6.07) is 7.77. The summed E-state index contributed by atoms with van der Waals surface area (Å²) in [5.74, 6) is 0.880. The van der Waals surface area contributed by atoms with Gasteiger partial charge in [-0.05, 0) is 24.3 Å². The molecule has 0 spiro atoms. The SMILES string of the molecule is COCOCCCOc1ccc(Br)cc1. The van der Waals surface area contributed by atoms with Crippen molar-refractivity contribution in [2.75, 3.05) is 27.1 Å². The molecule has 0 aliphatic carbocycles. The van der Waals surface area contributed by atoms with Gasteiger partial charge in [0.15, 0.2) is 0 Å². The van der Waals surface area contributed by atoms with E-state index in [9.17, 15) is 0 Å². The van der Waals surface area contributed by atoms with Gasteiger partial charge in [-0.15, -0.1) is 0 Å².